The highest BCUT2D eigenvalue weighted by molar-refractivity contribution is 5.54. The molecule has 0 aliphatic carbocycles. The molecule has 0 amide bonds. The van der Waals surface area contributed by atoms with Crippen LogP contribution in [0.3, 0.4) is 0 Å². The maximum absolute atomic E-state index is 10.2. The van der Waals surface area contributed by atoms with Gasteiger partial charge in [-0.2, -0.15) is 0 Å². The number of benzene rings is 1. The second-order valence-corrected chi connectivity index (χ2v) is 5.56. The fourth-order valence-corrected chi connectivity index (χ4v) is 2.97. The van der Waals surface area contributed by atoms with Crippen LogP contribution in [0.1, 0.15) is 51.6 Å². The zero-order chi connectivity index (χ0) is 13.8. The highest BCUT2D eigenvalue weighted by atomic mass is 16.3. The number of nitrogens with zero attached hydrogens (tertiary/aromatic N) is 1. The predicted molar refractivity (Wildman–Crippen MR) is 80.9 cm³/mol. The van der Waals surface area contributed by atoms with Crippen molar-refractivity contribution in [1.29, 1.82) is 0 Å². The molecule has 2 N–H and O–H groups in total. The first kappa shape index (κ1) is 14.2. The van der Waals surface area contributed by atoms with Crippen molar-refractivity contribution in [2.24, 2.45) is 0 Å². The standard InChI is InChI=1S/C16H26N2O/c1-4-17-13(3)15-9-8-14(11-16(15)19)18-10-6-5-7-12(18)2/h8-9,11-13,17,19H,4-7,10H2,1-3H3. The highest BCUT2D eigenvalue weighted by Gasteiger charge is 2.20. The molecule has 1 aliphatic heterocycles. The first-order chi connectivity index (χ1) is 9.13. The molecule has 1 aliphatic rings. The minimum absolute atomic E-state index is 0.192. The normalized spacial score (nSPS) is 21.4. The van der Waals surface area contributed by atoms with Gasteiger partial charge >= 0.3 is 0 Å². The first-order valence-electron chi connectivity index (χ1n) is 7.46. The van der Waals surface area contributed by atoms with Gasteiger partial charge in [-0.05, 0) is 45.7 Å². The number of phenolic OH excluding ortho intramolecular Hbond substituents is 1. The molecule has 19 heavy (non-hydrogen) atoms. The van der Waals surface area contributed by atoms with E-state index in [1.807, 2.05) is 6.07 Å². The van der Waals surface area contributed by atoms with Crippen LogP contribution in [0.25, 0.3) is 0 Å². The van der Waals surface area contributed by atoms with Crippen LogP contribution in [0.2, 0.25) is 0 Å². The SMILES string of the molecule is CCNC(C)c1ccc(N2CCCCC2C)cc1O. The van der Waals surface area contributed by atoms with E-state index in [-0.39, 0.29) is 6.04 Å². The molecule has 0 bridgehead atoms. The van der Waals surface area contributed by atoms with Crippen LogP contribution in [-0.4, -0.2) is 24.2 Å². The van der Waals surface area contributed by atoms with E-state index >= 15 is 0 Å². The van der Waals surface area contributed by atoms with E-state index < -0.39 is 0 Å². The third kappa shape index (κ3) is 3.21. The van der Waals surface area contributed by atoms with Gasteiger partial charge in [0.15, 0.2) is 0 Å². The summed E-state index contributed by atoms with van der Waals surface area (Å²) in [5, 5.41) is 13.6. The number of nitrogens with one attached hydrogen (secondary N) is 1. The Kier molecular flexibility index (Phi) is 4.70. The lowest BCUT2D eigenvalue weighted by Gasteiger charge is -2.35. The lowest BCUT2D eigenvalue weighted by molar-refractivity contribution is 0.451. The highest BCUT2D eigenvalue weighted by Crippen LogP contribution is 2.31. The van der Waals surface area contributed by atoms with Gasteiger partial charge in [-0.15, -0.1) is 0 Å². The quantitative estimate of drug-likeness (QED) is 0.872. The van der Waals surface area contributed by atoms with Crippen molar-refractivity contribution < 1.29 is 5.11 Å². The largest absolute Gasteiger partial charge is 0.508 e. The molecule has 106 valence electrons. The number of hydrogen-bond donors (Lipinski definition) is 2. The van der Waals surface area contributed by atoms with Crippen LogP contribution in [0.15, 0.2) is 18.2 Å². The van der Waals surface area contributed by atoms with Crippen molar-refractivity contribution in [3.8, 4) is 5.75 Å². The molecule has 1 saturated heterocycles. The molecular formula is C16H26N2O. The molecule has 0 aromatic heterocycles. The van der Waals surface area contributed by atoms with Crippen molar-refractivity contribution >= 4 is 5.69 Å². The van der Waals surface area contributed by atoms with Crippen molar-refractivity contribution in [3.63, 3.8) is 0 Å². The fourth-order valence-electron chi connectivity index (χ4n) is 2.97. The van der Waals surface area contributed by atoms with Gasteiger partial charge in [0.2, 0.25) is 0 Å². The monoisotopic (exact) mass is 262 g/mol. The van der Waals surface area contributed by atoms with Gasteiger partial charge in [0, 0.05) is 35.9 Å². The smallest absolute Gasteiger partial charge is 0.122 e. The maximum atomic E-state index is 10.2. The second-order valence-electron chi connectivity index (χ2n) is 5.56. The summed E-state index contributed by atoms with van der Waals surface area (Å²) in [5.41, 5.74) is 2.13. The van der Waals surface area contributed by atoms with E-state index in [1.54, 1.807) is 0 Å². The molecule has 2 unspecified atom stereocenters. The predicted octanol–water partition coefficient (Wildman–Crippen LogP) is 3.44. The Morgan fingerprint density at radius 1 is 1.42 bits per heavy atom. The molecule has 1 heterocycles. The topological polar surface area (TPSA) is 35.5 Å². The van der Waals surface area contributed by atoms with Gasteiger partial charge in [0.05, 0.1) is 0 Å². The zero-order valence-corrected chi connectivity index (χ0v) is 12.3. The molecule has 1 aromatic carbocycles. The van der Waals surface area contributed by atoms with Crippen molar-refractivity contribution in [2.45, 2.75) is 52.1 Å². The van der Waals surface area contributed by atoms with Gasteiger partial charge in [-0.25, -0.2) is 0 Å². The van der Waals surface area contributed by atoms with Gasteiger partial charge < -0.3 is 15.3 Å². The average molecular weight is 262 g/mol. The van der Waals surface area contributed by atoms with E-state index in [9.17, 15) is 5.11 Å². The van der Waals surface area contributed by atoms with Crippen LogP contribution in [0.5, 0.6) is 5.75 Å². The maximum Gasteiger partial charge on any atom is 0.122 e. The van der Waals surface area contributed by atoms with E-state index in [4.69, 9.17) is 0 Å². The minimum atomic E-state index is 0.192. The lowest BCUT2D eigenvalue weighted by atomic mass is 10.0. The molecule has 1 aromatic rings. The summed E-state index contributed by atoms with van der Waals surface area (Å²) in [7, 11) is 0. The molecule has 0 saturated carbocycles. The number of piperidine rings is 1. The summed E-state index contributed by atoms with van der Waals surface area (Å²) in [4.78, 5) is 2.41. The van der Waals surface area contributed by atoms with Crippen molar-refractivity contribution in [1.82, 2.24) is 5.32 Å². The summed E-state index contributed by atoms with van der Waals surface area (Å²) >= 11 is 0. The number of hydrogen-bond acceptors (Lipinski definition) is 3. The summed E-state index contributed by atoms with van der Waals surface area (Å²) in [6, 6.07) is 6.89. The van der Waals surface area contributed by atoms with Gasteiger partial charge in [-0.3, -0.25) is 0 Å². The van der Waals surface area contributed by atoms with E-state index in [0.717, 1.165) is 24.3 Å². The summed E-state index contributed by atoms with van der Waals surface area (Å²) in [6.45, 7) is 8.44. The summed E-state index contributed by atoms with van der Waals surface area (Å²) in [5.74, 6) is 0.406. The number of rotatable bonds is 4. The fraction of sp³-hybridized carbons (Fsp3) is 0.625. The molecule has 3 nitrogen and oxygen atoms in total. The number of anilines is 1. The van der Waals surface area contributed by atoms with Gasteiger partial charge in [-0.1, -0.05) is 13.0 Å². The Hall–Kier alpha value is -1.22. The molecular weight excluding hydrogens is 236 g/mol. The zero-order valence-electron chi connectivity index (χ0n) is 12.3. The minimum Gasteiger partial charge on any atom is -0.508 e. The molecule has 3 heteroatoms. The first-order valence-corrected chi connectivity index (χ1v) is 7.46. The third-order valence-electron chi connectivity index (χ3n) is 4.13. The van der Waals surface area contributed by atoms with Crippen LogP contribution in [0, 0.1) is 0 Å². The van der Waals surface area contributed by atoms with Gasteiger partial charge in [0.1, 0.15) is 5.75 Å². The van der Waals surface area contributed by atoms with Crippen molar-refractivity contribution in [2.75, 3.05) is 18.0 Å². The molecule has 0 radical (unpaired) electrons. The van der Waals surface area contributed by atoms with Crippen LogP contribution in [0.4, 0.5) is 5.69 Å². The average Bonchev–Trinajstić information content (AvgIpc) is 2.39. The lowest BCUT2D eigenvalue weighted by Crippen LogP contribution is -2.37. The molecule has 2 atom stereocenters. The Labute approximate surface area is 116 Å². The van der Waals surface area contributed by atoms with Crippen LogP contribution in [-0.2, 0) is 0 Å². The Bertz CT molecular complexity index is 419. The molecule has 1 fully saturated rings. The Balaban J connectivity index is 2.18. The number of aromatic hydroxyl groups is 1. The second kappa shape index (κ2) is 6.29. The summed E-state index contributed by atoms with van der Waals surface area (Å²) < 4.78 is 0. The van der Waals surface area contributed by atoms with E-state index in [0.29, 0.717) is 11.8 Å². The Morgan fingerprint density at radius 3 is 2.84 bits per heavy atom. The summed E-state index contributed by atoms with van der Waals surface area (Å²) in [6.07, 6.45) is 3.82. The van der Waals surface area contributed by atoms with Crippen LogP contribution >= 0.6 is 0 Å². The van der Waals surface area contributed by atoms with E-state index in [1.165, 1.54) is 19.3 Å². The van der Waals surface area contributed by atoms with Crippen LogP contribution < -0.4 is 10.2 Å². The van der Waals surface area contributed by atoms with Crippen molar-refractivity contribution in [3.05, 3.63) is 23.8 Å². The van der Waals surface area contributed by atoms with Gasteiger partial charge in [0.25, 0.3) is 0 Å². The molecule has 2 rings (SSSR count). The van der Waals surface area contributed by atoms with E-state index in [2.05, 4.69) is 43.1 Å². The molecule has 0 spiro atoms. The Morgan fingerprint density at radius 2 is 2.21 bits per heavy atom. The third-order valence-corrected chi connectivity index (χ3v) is 4.13. The number of phenols is 1.